The van der Waals surface area contributed by atoms with Crippen molar-refractivity contribution in [2.24, 2.45) is 23.5 Å². The van der Waals surface area contributed by atoms with Gasteiger partial charge in [0.1, 0.15) is 0 Å². The minimum atomic E-state index is -0.919. The lowest BCUT2D eigenvalue weighted by Crippen LogP contribution is -2.39. The molecule has 7 nitrogen and oxygen atoms in total. The highest BCUT2D eigenvalue weighted by molar-refractivity contribution is 5.69. The van der Waals surface area contributed by atoms with Crippen LogP contribution in [-0.4, -0.2) is 55.8 Å². The molecule has 30 heavy (non-hydrogen) atoms. The van der Waals surface area contributed by atoms with Gasteiger partial charge in [-0.2, -0.15) is 0 Å². The summed E-state index contributed by atoms with van der Waals surface area (Å²) in [5.74, 6) is 0.444. The molecule has 0 aliphatic carbocycles. The summed E-state index contributed by atoms with van der Waals surface area (Å²) in [5.41, 5.74) is 7.34. The molecule has 0 bridgehead atoms. The molecule has 0 saturated heterocycles. The number of hydrogen-bond donors (Lipinski definition) is 3. The molecule has 0 radical (unpaired) electrons. The van der Waals surface area contributed by atoms with Crippen molar-refractivity contribution in [2.45, 2.75) is 58.6 Å². The van der Waals surface area contributed by atoms with Crippen LogP contribution < -0.4 is 15.2 Å². The standard InChI is InChI=1S/C23H39NO6/c1-15(2)18(14-19(24)20(25)11-16(3)23(26)27)12-17-7-8-21(29-5)22(13-17)30-10-6-9-28-4/h7-8,13,15-16,18-20,25H,6,9-12,14,24H2,1-5H3,(H,26,27)/t16-,18+,19+,20+/m1/s1. The molecule has 0 unspecified atom stereocenters. The van der Waals surface area contributed by atoms with Crippen molar-refractivity contribution in [1.82, 2.24) is 0 Å². The fraction of sp³-hybridized carbons (Fsp3) is 0.696. The van der Waals surface area contributed by atoms with E-state index in [1.165, 1.54) is 0 Å². The fourth-order valence-corrected chi connectivity index (χ4v) is 3.38. The minimum Gasteiger partial charge on any atom is -0.493 e. The number of carbonyl (C=O) groups is 1. The van der Waals surface area contributed by atoms with Gasteiger partial charge in [-0.3, -0.25) is 4.79 Å². The first-order valence-electron chi connectivity index (χ1n) is 10.6. The normalized spacial score (nSPS) is 15.5. The zero-order chi connectivity index (χ0) is 22.7. The van der Waals surface area contributed by atoms with Crippen molar-refractivity contribution < 1.29 is 29.2 Å². The Morgan fingerprint density at radius 1 is 1.10 bits per heavy atom. The molecular weight excluding hydrogens is 386 g/mol. The van der Waals surface area contributed by atoms with Gasteiger partial charge in [-0.25, -0.2) is 0 Å². The maximum absolute atomic E-state index is 11.0. The smallest absolute Gasteiger partial charge is 0.306 e. The lowest BCUT2D eigenvalue weighted by atomic mass is 9.82. The predicted octanol–water partition coefficient (Wildman–Crippen LogP) is 3.11. The monoisotopic (exact) mass is 425 g/mol. The molecule has 0 fully saturated rings. The van der Waals surface area contributed by atoms with Crippen molar-refractivity contribution >= 4 is 5.97 Å². The van der Waals surface area contributed by atoms with Crippen molar-refractivity contribution in [3.05, 3.63) is 23.8 Å². The zero-order valence-corrected chi connectivity index (χ0v) is 19.0. The molecule has 7 heteroatoms. The average Bonchev–Trinajstić information content (AvgIpc) is 2.70. The van der Waals surface area contributed by atoms with Gasteiger partial charge in [-0.05, 0) is 48.8 Å². The Morgan fingerprint density at radius 3 is 2.37 bits per heavy atom. The van der Waals surface area contributed by atoms with Gasteiger partial charge in [0.05, 0.1) is 25.7 Å². The molecule has 4 N–H and O–H groups in total. The second-order valence-corrected chi connectivity index (χ2v) is 8.33. The van der Waals surface area contributed by atoms with E-state index < -0.39 is 24.0 Å². The first-order chi connectivity index (χ1) is 14.2. The number of carboxylic acid groups (broad SMARTS) is 1. The Kier molecular flexibility index (Phi) is 11.8. The average molecular weight is 426 g/mol. The molecule has 1 rings (SSSR count). The molecule has 0 spiro atoms. The van der Waals surface area contributed by atoms with Gasteiger partial charge >= 0.3 is 5.97 Å². The molecule has 0 aliphatic rings. The molecule has 0 aliphatic heterocycles. The van der Waals surface area contributed by atoms with Crippen LogP contribution in [0.3, 0.4) is 0 Å². The zero-order valence-electron chi connectivity index (χ0n) is 19.0. The van der Waals surface area contributed by atoms with E-state index in [9.17, 15) is 9.90 Å². The van der Waals surface area contributed by atoms with E-state index in [0.29, 0.717) is 37.1 Å². The third-order valence-electron chi connectivity index (χ3n) is 5.50. The fourth-order valence-electron chi connectivity index (χ4n) is 3.38. The van der Waals surface area contributed by atoms with E-state index in [-0.39, 0.29) is 12.3 Å². The predicted molar refractivity (Wildman–Crippen MR) is 117 cm³/mol. The molecule has 4 atom stereocenters. The number of nitrogens with two attached hydrogens (primary N) is 1. The Labute approximate surface area is 180 Å². The number of rotatable bonds is 15. The molecule has 0 saturated carbocycles. The van der Waals surface area contributed by atoms with Crippen LogP contribution in [0.2, 0.25) is 0 Å². The third kappa shape index (κ3) is 8.90. The highest BCUT2D eigenvalue weighted by atomic mass is 16.5. The van der Waals surface area contributed by atoms with E-state index in [4.69, 9.17) is 25.1 Å². The van der Waals surface area contributed by atoms with E-state index in [1.54, 1.807) is 21.1 Å². The van der Waals surface area contributed by atoms with Crippen LogP contribution in [-0.2, 0) is 16.0 Å². The number of methoxy groups -OCH3 is 2. The SMILES string of the molecule is COCCCOc1cc(C[C@@H](C[C@H](N)[C@@H](O)C[C@@H](C)C(=O)O)C(C)C)ccc1OC. The van der Waals surface area contributed by atoms with Gasteiger partial charge in [0, 0.05) is 26.2 Å². The van der Waals surface area contributed by atoms with Gasteiger partial charge in [-0.15, -0.1) is 0 Å². The van der Waals surface area contributed by atoms with Gasteiger partial charge in [0.15, 0.2) is 11.5 Å². The summed E-state index contributed by atoms with van der Waals surface area (Å²) in [4.78, 5) is 11.0. The van der Waals surface area contributed by atoms with Gasteiger partial charge in [-0.1, -0.05) is 26.8 Å². The number of aliphatic hydroxyl groups is 1. The van der Waals surface area contributed by atoms with Crippen molar-refractivity contribution in [2.75, 3.05) is 27.4 Å². The molecule has 0 amide bonds. The topological polar surface area (TPSA) is 111 Å². The van der Waals surface area contributed by atoms with E-state index >= 15 is 0 Å². The van der Waals surface area contributed by atoms with Gasteiger partial charge in [0.25, 0.3) is 0 Å². The lowest BCUT2D eigenvalue weighted by molar-refractivity contribution is -0.142. The summed E-state index contributed by atoms with van der Waals surface area (Å²) in [7, 11) is 3.28. The highest BCUT2D eigenvalue weighted by Crippen LogP contribution is 2.31. The van der Waals surface area contributed by atoms with Crippen molar-refractivity contribution in [3.8, 4) is 11.5 Å². The number of aliphatic hydroxyl groups excluding tert-OH is 1. The van der Waals surface area contributed by atoms with Crippen LogP contribution in [0.4, 0.5) is 0 Å². The number of carboxylic acids is 1. The Morgan fingerprint density at radius 2 is 1.80 bits per heavy atom. The van der Waals surface area contributed by atoms with Crippen LogP contribution >= 0.6 is 0 Å². The largest absolute Gasteiger partial charge is 0.493 e. The molecule has 1 aromatic carbocycles. The maximum atomic E-state index is 11.0. The molecule has 0 aromatic heterocycles. The first kappa shape index (κ1) is 26.2. The van der Waals surface area contributed by atoms with Crippen LogP contribution in [0, 0.1) is 17.8 Å². The minimum absolute atomic E-state index is 0.156. The Balaban J connectivity index is 2.80. The summed E-state index contributed by atoms with van der Waals surface area (Å²) in [6, 6.07) is 5.45. The van der Waals surface area contributed by atoms with Crippen LogP contribution in [0.1, 0.15) is 45.6 Å². The molecule has 1 aromatic rings. The van der Waals surface area contributed by atoms with Crippen LogP contribution in [0.5, 0.6) is 11.5 Å². The van der Waals surface area contributed by atoms with Crippen molar-refractivity contribution in [3.63, 3.8) is 0 Å². The second-order valence-electron chi connectivity index (χ2n) is 8.33. The maximum Gasteiger partial charge on any atom is 0.306 e. The number of hydrogen-bond acceptors (Lipinski definition) is 6. The summed E-state index contributed by atoms with van der Waals surface area (Å²) >= 11 is 0. The summed E-state index contributed by atoms with van der Waals surface area (Å²) in [6.07, 6.45) is 1.50. The summed E-state index contributed by atoms with van der Waals surface area (Å²) in [6.45, 7) is 7.03. The second kappa shape index (κ2) is 13.5. The molecule has 0 heterocycles. The van der Waals surface area contributed by atoms with E-state index in [2.05, 4.69) is 13.8 Å². The highest BCUT2D eigenvalue weighted by Gasteiger charge is 2.26. The van der Waals surface area contributed by atoms with E-state index in [0.717, 1.165) is 18.4 Å². The summed E-state index contributed by atoms with van der Waals surface area (Å²) < 4.78 is 16.3. The van der Waals surface area contributed by atoms with Crippen LogP contribution in [0.25, 0.3) is 0 Å². The number of ether oxygens (including phenoxy) is 3. The van der Waals surface area contributed by atoms with Crippen molar-refractivity contribution in [1.29, 1.82) is 0 Å². The van der Waals surface area contributed by atoms with Gasteiger partial charge in [0.2, 0.25) is 0 Å². The number of benzene rings is 1. The van der Waals surface area contributed by atoms with Gasteiger partial charge < -0.3 is 30.2 Å². The lowest BCUT2D eigenvalue weighted by Gasteiger charge is -2.28. The quantitative estimate of drug-likeness (QED) is 0.370. The first-order valence-corrected chi connectivity index (χ1v) is 10.6. The Bertz CT molecular complexity index is 636. The Hall–Kier alpha value is -1.83. The van der Waals surface area contributed by atoms with E-state index in [1.807, 2.05) is 18.2 Å². The molecule has 172 valence electrons. The molecular formula is C23H39NO6. The third-order valence-corrected chi connectivity index (χ3v) is 5.50. The summed E-state index contributed by atoms with van der Waals surface area (Å²) in [5, 5.41) is 19.4. The number of aliphatic carboxylic acids is 1. The van der Waals surface area contributed by atoms with Crippen LogP contribution in [0.15, 0.2) is 18.2 Å².